The van der Waals surface area contributed by atoms with Crippen LogP contribution in [-0.2, 0) is 25.9 Å². The van der Waals surface area contributed by atoms with Crippen LogP contribution in [0, 0.1) is 0 Å². The molecule has 2 atom stereocenters. The molecule has 4 heterocycles. The minimum absolute atomic E-state index is 0.0123. The minimum Gasteiger partial charge on any atom is -0.504 e. The second-order valence-electron chi connectivity index (χ2n) is 13.1. The molecule has 0 aliphatic carbocycles. The number of hydrogen-bond acceptors (Lipinski definition) is 8. The predicted molar refractivity (Wildman–Crippen MR) is 190 cm³/mol. The highest BCUT2D eigenvalue weighted by Crippen LogP contribution is 2.53. The number of aromatic hydroxyl groups is 2. The van der Waals surface area contributed by atoms with Gasteiger partial charge in [-0.1, -0.05) is 12.1 Å². The van der Waals surface area contributed by atoms with Crippen LogP contribution in [0.15, 0.2) is 36.4 Å². The van der Waals surface area contributed by atoms with Gasteiger partial charge < -0.3 is 38.6 Å². The molecule has 2 unspecified atom stereocenters. The van der Waals surface area contributed by atoms with E-state index in [0.717, 1.165) is 93.6 Å². The van der Waals surface area contributed by atoms with Gasteiger partial charge in [-0.15, -0.1) is 0 Å². The molecule has 0 aromatic heterocycles. The Bertz CT molecular complexity index is 1980. The molecular weight excluding hydrogens is 636 g/mol. The molecule has 10 nitrogen and oxygen atoms in total. The first kappa shape index (κ1) is 31.9. The summed E-state index contributed by atoms with van der Waals surface area (Å²) in [6, 6.07) is 11.9. The van der Waals surface area contributed by atoms with Crippen molar-refractivity contribution < 1.29 is 48.4 Å². The highest BCUT2D eigenvalue weighted by atomic mass is 16.5. The smallest absolute Gasteiger partial charge is 0.170 e. The lowest BCUT2D eigenvalue weighted by Gasteiger charge is -2.35. The Labute approximate surface area is 291 Å². The van der Waals surface area contributed by atoms with Crippen molar-refractivity contribution in [2.45, 2.75) is 25.9 Å². The third kappa shape index (κ3) is 4.62. The molecule has 4 aromatic carbocycles. The number of nitrogens with one attached hydrogen (secondary N) is 2. The number of benzene rings is 4. The molecule has 4 aliphatic heterocycles. The fraction of sp³-hybridized carbons (Fsp3) is 0.300. The molecule has 0 radical (unpaired) electrons. The monoisotopic (exact) mass is 678 g/mol. The van der Waals surface area contributed by atoms with Crippen LogP contribution in [0.4, 0.5) is 0 Å². The average Bonchev–Trinajstić information content (AvgIpc) is 3.15. The topological polar surface area (TPSA) is 105 Å². The number of hydrogen-bond donors (Lipinski definition) is 4. The Balaban J connectivity index is 1.34. The lowest BCUT2D eigenvalue weighted by Crippen LogP contribution is -3.09. The molecule has 0 saturated heterocycles. The molecule has 0 spiro atoms. The number of ether oxygens (including phenoxy) is 6. The zero-order chi connectivity index (χ0) is 34.8. The summed E-state index contributed by atoms with van der Waals surface area (Å²) in [6.07, 6.45) is 5.75. The van der Waals surface area contributed by atoms with Gasteiger partial charge in [-0.05, 0) is 46.5 Å². The molecular formula is C40H42N2O8+2. The first-order valence-corrected chi connectivity index (χ1v) is 16.8. The van der Waals surface area contributed by atoms with Gasteiger partial charge in [-0.25, -0.2) is 0 Å². The molecule has 0 fully saturated rings. The van der Waals surface area contributed by atoms with E-state index >= 15 is 0 Å². The fourth-order valence-corrected chi connectivity index (χ4v) is 8.54. The van der Waals surface area contributed by atoms with Crippen LogP contribution in [0.1, 0.15) is 44.5 Å². The maximum atomic E-state index is 12.0. The van der Waals surface area contributed by atoms with Crippen LogP contribution in [-0.4, -0.2) is 66.0 Å². The second-order valence-corrected chi connectivity index (χ2v) is 13.1. The predicted octanol–water partition coefficient (Wildman–Crippen LogP) is 3.72. The molecule has 4 N–H and O–H groups in total. The molecule has 0 amide bonds. The first-order chi connectivity index (χ1) is 24.3. The van der Waals surface area contributed by atoms with Crippen molar-refractivity contribution in [3.8, 4) is 57.1 Å². The van der Waals surface area contributed by atoms with E-state index in [9.17, 15) is 10.2 Å². The van der Waals surface area contributed by atoms with Crippen molar-refractivity contribution in [3.63, 3.8) is 0 Å². The standard InChI is InChI=1S/C40H40N2O8/c1-45-31-9-7-21-15-29-25-17-33(47-3)37(43)35(23(25)11-13-41(29)19-27(21)39(31)49-5)36-24-12-14-42-20-28-22(8-10-32(46-2)40(28)50-6)16-30(42)26(24)18-34(48-4)38(36)44/h7-10,15-18,43-44H,11-14,19-20H2,1-6H3/p+2. The summed E-state index contributed by atoms with van der Waals surface area (Å²) in [5.74, 6) is 3.66. The highest BCUT2D eigenvalue weighted by molar-refractivity contribution is 5.95. The van der Waals surface area contributed by atoms with E-state index in [1.54, 1.807) is 42.7 Å². The van der Waals surface area contributed by atoms with Gasteiger partial charge in [0.1, 0.15) is 24.5 Å². The van der Waals surface area contributed by atoms with Crippen molar-refractivity contribution in [3.05, 3.63) is 80.9 Å². The van der Waals surface area contributed by atoms with Gasteiger partial charge in [0.25, 0.3) is 0 Å². The summed E-state index contributed by atoms with van der Waals surface area (Å²) < 4.78 is 34.4. The van der Waals surface area contributed by atoms with E-state index in [0.29, 0.717) is 47.0 Å². The van der Waals surface area contributed by atoms with E-state index in [4.69, 9.17) is 28.4 Å². The first-order valence-electron chi connectivity index (χ1n) is 16.8. The largest absolute Gasteiger partial charge is 0.504 e. The van der Waals surface area contributed by atoms with Crippen molar-refractivity contribution in [1.29, 1.82) is 0 Å². The van der Waals surface area contributed by atoms with Gasteiger partial charge in [-0.3, -0.25) is 9.80 Å². The third-order valence-electron chi connectivity index (χ3n) is 10.9. The third-order valence-corrected chi connectivity index (χ3v) is 10.9. The van der Waals surface area contributed by atoms with Gasteiger partial charge in [0.2, 0.25) is 0 Å². The molecule has 258 valence electrons. The Morgan fingerprint density at radius 1 is 0.500 bits per heavy atom. The quantitative estimate of drug-likeness (QED) is 0.235. The number of rotatable bonds is 7. The molecule has 50 heavy (non-hydrogen) atoms. The fourth-order valence-electron chi connectivity index (χ4n) is 8.54. The van der Waals surface area contributed by atoms with E-state index in [-0.39, 0.29) is 11.5 Å². The van der Waals surface area contributed by atoms with Crippen molar-refractivity contribution in [2.75, 3.05) is 55.7 Å². The SMILES string of the molecule is COc1cc2c(c(-c3c(O)c(OC)cc4c3CC[NH+]3Cc5c(ccc(OC)c5OC)C=C43)c1O)CC[NH+]1Cc3c(ccc(OC)c3OC)C=C21. The maximum absolute atomic E-state index is 12.0. The summed E-state index contributed by atoms with van der Waals surface area (Å²) in [7, 11) is 9.80. The number of quaternary nitrogens is 2. The van der Waals surface area contributed by atoms with Crippen molar-refractivity contribution in [1.82, 2.24) is 0 Å². The highest BCUT2D eigenvalue weighted by Gasteiger charge is 2.40. The number of fused-ring (bicyclic) bond motifs is 8. The average molecular weight is 679 g/mol. The summed E-state index contributed by atoms with van der Waals surface area (Å²) in [6.45, 7) is 3.03. The lowest BCUT2D eigenvalue weighted by molar-refractivity contribution is -0.841. The lowest BCUT2D eigenvalue weighted by atomic mass is 9.80. The number of phenolic OH excluding ortho intramolecular Hbond substituents is 2. The van der Waals surface area contributed by atoms with E-state index < -0.39 is 0 Å². The zero-order valence-electron chi connectivity index (χ0n) is 29.2. The maximum Gasteiger partial charge on any atom is 0.170 e. The van der Waals surface area contributed by atoms with Gasteiger partial charge in [0.05, 0.1) is 66.9 Å². The molecule has 4 aliphatic rings. The van der Waals surface area contributed by atoms with Gasteiger partial charge >= 0.3 is 0 Å². The molecule has 0 bridgehead atoms. The molecule has 4 aromatic rings. The Morgan fingerprint density at radius 3 is 1.26 bits per heavy atom. The Hall–Kier alpha value is -5.32. The van der Waals surface area contributed by atoms with Crippen LogP contribution < -0.4 is 38.2 Å². The molecule has 0 saturated carbocycles. The van der Waals surface area contributed by atoms with Crippen LogP contribution in [0.5, 0.6) is 46.0 Å². The number of phenols is 2. The summed E-state index contributed by atoms with van der Waals surface area (Å²) in [5, 5.41) is 23.9. The van der Waals surface area contributed by atoms with Gasteiger partial charge in [0, 0.05) is 47.2 Å². The number of methoxy groups -OCH3 is 6. The Morgan fingerprint density at radius 2 is 0.900 bits per heavy atom. The van der Waals surface area contributed by atoms with Crippen LogP contribution in [0.3, 0.4) is 0 Å². The summed E-state index contributed by atoms with van der Waals surface area (Å²) in [5.41, 5.74) is 11.7. The molecule has 8 rings (SSSR count). The Kier molecular flexibility index (Phi) is 7.80. The van der Waals surface area contributed by atoms with E-state index in [2.05, 4.69) is 24.3 Å². The van der Waals surface area contributed by atoms with E-state index in [1.165, 1.54) is 9.80 Å². The van der Waals surface area contributed by atoms with Crippen molar-refractivity contribution in [2.24, 2.45) is 0 Å². The van der Waals surface area contributed by atoms with Crippen molar-refractivity contribution >= 4 is 23.5 Å². The van der Waals surface area contributed by atoms with E-state index in [1.807, 2.05) is 24.3 Å². The minimum atomic E-state index is 0.0123. The van der Waals surface area contributed by atoms with Crippen LogP contribution in [0.2, 0.25) is 0 Å². The summed E-state index contributed by atoms with van der Waals surface area (Å²) in [4.78, 5) is 2.56. The summed E-state index contributed by atoms with van der Waals surface area (Å²) >= 11 is 0. The van der Waals surface area contributed by atoms with Crippen LogP contribution >= 0.6 is 0 Å². The van der Waals surface area contributed by atoms with Gasteiger partial charge in [0.15, 0.2) is 46.0 Å². The zero-order valence-corrected chi connectivity index (χ0v) is 29.2. The molecule has 10 heteroatoms. The normalized spacial score (nSPS) is 18.1. The second kappa shape index (κ2) is 12.2. The van der Waals surface area contributed by atoms with Gasteiger partial charge in [-0.2, -0.15) is 0 Å². The van der Waals surface area contributed by atoms with Crippen LogP contribution in [0.25, 0.3) is 34.7 Å².